The number of allylic oxidation sites excluding steroid dienone is 2. The first-order valence-electron chi connectivity index (χ1n) is 9.64. The maximum absolute atomic E-state index is 12.6. The Labute approximate surface area is 194 Å². The molecule has 0 unspecified atom stereocenters. The van der Waals surface area contributed by atoms with Gasteiger partial charge in [-0.2, -0.15) is 5.10 Å². The highest BCUT2D eigenvalue weighted by Gasteiger charge is 2.58. The number of rotatable bonds is 5. The van der Waals surface area contributed by atoms with E-state index in [1.54, 1.807) is 24.9 Å². The Morgan fingerprint density at radius 2 is 1.77 bits per heavy atom. The van der Waals surface area contributed by atoms with Gasteiger partial charge < -0.3 is 9.64 Å². The van der Waals surface area contributed by atoms with E-state index in [4.69, 9.17) is 16.3 Å². The molecule has 2 aliphatic rings. The molecule has 0 amide bonds. The van der Waals surface area contributed by atoms with Crippen LogP contribution in [-0.4, -0.2) is 27.7 Å². The molecule has 1 atom stereocenters. The quantitative estimate of drug-likeness (QED) is 0.534. The van der Waals surface area contributed by atoms with Gasteiger partial charge in [-0.15, -0.1) is 0 Å². The van der Waals surface area contributed by atoms with Crippen molar-refractivity contribution < 1.29 is 14.3 Å². The van der Waals surface area contributed by atoms with E-state index in [0.29, 0.717) is 15.6 Å². The topological polar surface area (TPSA) is 62.2 Å². The molecule has 0 saturated heterocycles. The molecule has 0 N–H and O–H groups in total. The van der Waals surface area contributed by atoms with Crippen LogP contribution in [0.15, 0.2) is 70.3 Å². The first-order valence-corrected chi connectivity index (χ1v) is 11.7. The highest BCUT2D eigenvalue weighted by atomic mass is 35.5. The van der Waals surface area contributed by atoms with E-state index >= 15 is 0 Å². The highest BCUT2D eigenvalue weighted by Crippen LogP contribution is 2.60. The number of nitrogens with zero attached hydrogens (tertiary/aromatic N) is 3. The normalized spacial score (nSPS) is 20.5. The van der Waals surface area contributed by atoms with Gasteiger partial charge in [0.1, 0.15) is 0 Å². The van der Waals surface area contributed by atoms with Gasteiger partial charge in [-0.25, -0.2) is 9.80 Å². The summed E-state index contributed by atoms with van der Waals surface area (Å²) in [4.78, 5) is 27.8. The maximum atomic E-state index is 12.6. The average Bonchev–Trinajstić information content (AvgIpc) is 3.27. The lowest BCUT2D eigenvalue weighted by Crippen LogP contribution is -2.49. The van der Waals surface area contributed by atoms with Crippen molar-refractivity contribution >= 4 is 63.3 Å². The molecule has 0 bridgehead atoms. The Kier molecular flexibility index (Phi) is 6.05. The molecule has 2 aliphatic heterocycles. The van der Waals surface area contributed by atoms with E-state index in [2.05, 4.69) is 5.10 Å². The number of hydrazone groups is 1. The number of ketones is 1. The third-order valence-electron chi connectivity index (χ3n) is 4.73. The van der Waals surface area contributed by atoms with Crippen LogP contribution < -0.4 is 9.91 Å². The second kappa shape index (κ2) is 8.61. The number of carbonyl (C=O) groups excluding carboxylic acids is 2. The summed E-state index contributed by atoms with van der Waals surface area (Å²) in [5, 5.41) is 7.03. The molecular formula is C22H20ClN3O3S2. The van der Waals surface area contributed by atoms with Gasteiger partial charge in [0.25, 0.3) is 0 Å². The molecule has 9 heteroatoms. The molecule has 0 aromatic heterocycles. The third-order valence-corrected chi connectivity index (χ3v) is 8.03. The van der Waals surface area contributed by atoms with Crippen molar-refractivity contribution in [2.24, 2.45) is 5.10 Å². The van der Waals surface area contributed by atoms with Crippen LogP contribution in [0.5, 0.6) is 0 Å². The van der Waals surface area contributed by atoms with E-state index in [9.17, 15) is 9.59 Å². The zero-order valence-electron chi connectivity index (χ0n) is 17.2. The molecule has 31 heavy (non-hydrogen) atoms. The van der Waals surface area contributed by atoms with Gasteiger partial charge in [0.15, 0.2) is 5.78 Å². The fraction of sp³-hybridized carbons (Fsp3) is 0.227. The lowest BCUT2D eigenvalue weighted by Gasteiger charge is -2.41. The largest absolute Gasteiger partial charge is 0.461 e. The highest BCUT2D eigenvalue weighted by molar-refractivity contribution is 8.29. The van der Waals surface area contributed by atoms with Crippen LogP contribution in [0, 0.1) is 0 Å². The number of halogens is 1. The van der Waals surface area contributed by atoms with Gasteiger partial charge >= 0.3 is 5.97 Å². The van der Waals surface area contributed by atoms with Crippen molar-refractivity contribution in [2.45, 2.75) is 25.1 Å². The first-order chi connectivity index (χ1) is 14.9. The molecule has 6 nitrogen and oxygen atoms in total. The van der Waals surface area contributed by atoms with E-state index < -0.39 is 10.3 Å². The Hall–Kier alpha value is -2.42. The van der Waals surface area contributed by atoms with E-state index in [0.717, 1.165) is 11.4 Å². The van der Waals surface area contributed by atoms with Crippen molar-refractivity contribution in [1.29, 1.82) is 0 Å². The number of hydrogen-bond acceptors (Lipinski definition) is 8. The predicted molar refractivity (Wildman–Crippen MR) is 128 cm³/mol. The zero-order chi connectivity index (χ0) is 22.2. The Balaban J connectivity index is 1.91. The molecule has 1 spiro atoms. The number of carbonyl (C=O) groups is 2. The van der Waals surface area contributed by atoms with Crippen LogP contribution in [0.4, 0.5) is 11.4 Å². The molecule has 0 fully saturated rings. The number of esters is 1. The zero-order valence-corrected chi connectivity index (χ0v) is 19.6. The molecular weight excluding hydrogens is 454 g/mol. The number of Topliss-reactive ketones (excluding diaryl/α,β-unsaturated/α-hetero) is 1. The molecule has 2 aromatic carbocycles. The van der Waals surface area contributed by atoms with Gasteiger partial charge in [0.05, 0.1) is 22.2 Å². The predicted octanol–water partition coefficient (Wildman–Crippen LogP) is 5.46. The summed E-state index contributed by atoms with van der Waals surface area (Å²) in [5.74, 6) is -0.562. The lowest BCUT2D eigenvalue weighted by molar-refractivity contribution is -0.134. The second-order valence-electron chi connectivity index (χ2n) is 6.78. The fourth-order valence-corrected chi connectivity index (χ4v) is 6.63. The standard InChI is InChI=1S/C22H20ClN3O3S2/c1-4-29-21(28)20-24-26(18-13-9-8-12-17(18)23)22(31-20)25(16-10-6-5-7-11-16)14(2)19(30-22)15(3)27/h5-13H,4H2,1-3H3/t22-/m0/s1. The van der Waals surface area contributed by atoms with E-state index in [1.165, 1.54) is 23.5 Å². The van der Waals surface area contributed by atoms with Crippen LogP contribution in [0.2, 0.25) is 5.02 Å². The Morgan fingerprint density at radius 1 is 1.10 bits per heavy atom. The van der Waals surface area contributed by atoms with Crippen molar-refractivity contribution in [3.63, 3.8) is 0 Å². The van der Waals surface area contributed by atoms with Crippen molar-refractivity contribution in [2.75, 3.05) is 16.5 Å². The summed E-state index contributed by atoms with van der Waals surface area (Å²) < 4.78 is 4.24. The van der Waals surface area contributed by atoms with Gasteiger partial charge in [-0.3, -0.25) is 4.79 Å². The van der Waals surface area contributed by atoms with Crippen LogP contribution in [0.25, 0.3) is 0 Å². The summed E-state index contributed by atoms with van der Waals surface area (Å²) in [5.41, 5.74) is 2.28. The van der Waals surface area contributed by atoms with Gasteiger partial charge in [0, 0.05) is 11.4 Å². The van der Waals surface area contributed by atoms with Crippen LogP contribution in [0.1, 0.15) is 20.8 Å². The summed E-state index contributed by atoms with van der Waals surface area (Å²) in [6, 6.07) is 17.0. The molecule has 0 saturated carbocycles. The third kappa shape index (κ3) is 3.73. The second-order valence-corrected chi connectivity index (χ2v) is 9.79. The van der Waals surface area contributed by atoms with Crippen LogP contribution in [-0.2, 0) is 14.3 Å². The number of thioether (sulfide) groups is 2. The fourth-order valence-electron chi connectivity index (χ4n) is 3.48. The summed E-state index contributed by atoms with van der Waals surface area (Å²) in [7, 11) is 0. The van der Waals surface area contributed by atoms with Gasteiger partial charge in [-0.05, 0) is 56.8 Å². The minimum atomic E-state index is -0.987. The lowest BCUT2D eigenvalue weighted by atomic mass is 10.2. The minimum Gasteiger partial charge on any atom is -0.461 e. The Bertz CT molecular complexity index is 1110. The van der Waals surface area contributed by atoms with E-state index in [-0.39, 0.29) is 17.4 Å². The van der Waals surface area contributed by atoms with Gasteiger partial charge in [-0.1, -0.05) is 53.7 Å². The molecule has 160 valence electrons. The summed E-state index contributed by atoms with van der Waals surface area (Å²) in [6.07, 6.45) is 0. The number of anilines is 2. The van der Waals surface area contributed by atoms with Crippen LogP contribution >= 0.6 is 35.1 Å². The number of ether oxygens (including phenoxy) is 1. The molecule has 2 heterocycles. The van der Waals surface area contributed by atoms with Crippen molar-refractivity contribution in [3.05, 3.63) is 70.2 Å². The minimum absolute atomic E-state index is 0.0513. The number of para-hydroxylation sites is 2. The van der Waals surface area contributed by atoms with E-state index in [1.807, 2.05) is 60.4 Å². The number of hydrogen-bond donors (Lipinski definition) is 0. The monoisotopic (exact) mass is 473 g/mol. The molecule has 4 rings (SSSR count). The van der Waals surface area contributed by atoms with Crippen LogP contribution in [0.3, 0.4) is 0 Å². The van der Waals surface area contributed by atoms with Crippen molar-refractivity contribution in [1.82, 2.24) is 0 Å². The number of benzene rings is 2. The first kappa shape index (κ1) is 21.8. The average molecular weight is 474 g/mol. The smallest absolute Gasteiger partial charge is 0.365 e. The summed E-state index contributed by atoms with van der Waals surface area (Å²) >= 11 is 9.14. The van der Waals surface area contributed by atoms with Gasteiger partial charge in [0.2, 0.25) is 9.37 Å². The molecule has 0 radical (unpaired) electrons. The SMILES string of the molecule is CCOC(=O)C1=NN(c2ccccc2Cl)[C@]2(S1)SC(C(C)=O)=C(C)N2c1ccccc1. The summed E-state index contributed by atoms with van der Waals surface area (Å²) in [6.45, 7) is 5.43. The molecule has 2 aromatic rings. The molecule has 0 aliphatic carbocycles. The van der Waals surface area contributed by atoms with Crippen molar-refractivity contribution in [3.8, 4) is 0 Å². The maximum Gasteiger partial charge on any atom is 0.365 e. The Morgan fingerprint density at radius 3 is 2.42 bits per heavy atom.